The second-order valence-corrected chi connectivity index (χ2v) is 3.47. The summed E-state index contributed by atoms with van der Waals surface area (Å²) in [5.74, 6) is 0. The second kappa shape index (κ2) is 4.07. The topological polar surface area (TPSA) is 9.23 Å². The predicted molar refractivity (Wildman–Crippen MR) is 46.0 cm³/mol. The highest BCUT2D eigenvalue weighted by Gasteiger charge is 2.29. The van der Waals surface area contributed by atoms with Crippen molar-refractivity contribution in [2.45, 2.75) is 32.6 Å². The zero-order valence-corrected chi connectivity index (χ0v) is 7.81. The maximum absolute atomic E-state index is 5.56. The van der Waals surface area contributed by atoms with E-state index in [1.54, 1.807) is 0 Å². The molecule has 1 aliphatic rings. The summed E-state index contributed by atoms with van der Waals surface area (Å²) in [6.07, 6.45) is 5.31. The van der Waals surface area contributed by atoms with Crippen LogP contribution in [0.4, 0.5) is 0 Å². The quantitative estimate of drug-likeness (QED) is 0.570. The molecule has 66 valence electrons. The zero-order valence-electron chi connectivity index (χ0n) is 7.81. The van der Waals surface area contributed by atoms with Gasteiger partial charge in [-0.1, -0.05) is 6.92 Å². The van der Waals surface area contributed by atoms with Crippen molar-refractivity contribution < 1.29 is 9.48 Å². The van der Waals surface area contributed by atoms with Gasteiger partial charge < -0.3 is 0 Å². The summed E-state index contributed by atoms with van der Waals surface area (Å²) >= 11 is 0. The van der Waals surface area contributed by atoms with Crippen LogP contribution in [-0.2, 0) is 4.84 Å². The molecule has 11 heavy (non-hydrogen) atoms. The summed E-state index contributed by atoms with van der Waals surface area (Å²) in [6, 6.07) is 0. The second-order valence-electron chi connectivity index (χ2n) is 3.47. The van der Waals surface area contributed by atoms with Crippen molar-refractivity contribution in [1.82, 2.24) is 0 Å². The number of hydroxylamine groups is 3. The monoisotopic (exact) mass is 158 g/mol. The minimum absolute atomic E-state index is 0.913. The molecule has 1 aliphatic heterocycles. The number of hydrogen-bond acceptors (Lipinski definition) is 1. The summed E-state index contributed by atoms with van der Waals surface area (Å²) < 4.78 is 0.913. The van der Waals surface area contributed by atoms with Crippen LogP contribution in [0.15, 0.2) is 0 Å². The van der Waals surface area contributed by atoms with Crippen LogP contribution >= 0.6 is 0 Å². The number of quaternary nitrogens is 1. The van der Waals surface area contributed by atoms with Gasteiger partial charge in [0.2, 0.25) is 0 Å². The standard InChI is InChI=1S/C9H20NO/c1-3-7-10(11-2)8-5-4-6-9-10/h3-9H2,1-2H3/q+1. The maximum Gasteiger partial charge on any atom is 0.109 e. The Balaban J connectivity index is 2.42. The van der Waals surface area contributed by atoms with Gasteiger partial charge in [0.25, 0.3) is 0 Å². The van der Waals surface area contributed by atoms with Gasteiger partial charge in [-0.3, -0.25) is 0 Å². The Kier molecular flexibility index (Phi) is 3.34. The van der Waals surface area contributed by atoms with Crippen LogP contribution in [0.5, 0.6) is 0 Å². The molecule has 0 bridgehead atoms. The van der Waals surface area contributed by atoms with Gasteiger partial charge in [0, 0.05) is 0 Å². The highest BCUT2D eigenvalue weighted by atomic mass is 16.7. The summed E-state index contributed by atoms with van der Waals surface area (Å²) in [5, 5.41) is 0. The van der Waals surface area contributed by atoms with E-state index in [1.807, 2.05) is 7.11 Å². The number of rotatable bonds is 3. The third kappa shape index (κ3) is 2.17. The van der Waals surface area contributed by atoms with E-state index in [0.29, 0.717) is 0 Å². The van der Waals surface area contributed by atoms with Crippen LogP contribution < -0.4 is 0 Å². The first-order valence-electron chi connectivity index (χ1n) is 4.75. The Hall–Kier alpha value is -0.0800. The first-order chi connectivity index (χ1) is 5.33. The SMILES string of the molecule is CCC[N+]1(OC)CCCCC1. The molecule has 1 heterocycles. The molecule has 2 nitrogen and oxygen atoms in total. The van der Waals surface area contributed by atoms with E-state index in [4.69, 9.17) is 4.84 Å². The lowest BCUT2D eigenvalue weighted by molar-refractivity contribution is -1.10. The Morgan fingerprint density at radius 1 is 1.18 bits per heavy atom. The lowest BCUT2D eigenvalue weighted by atomic mass is 10.1. The van der Waals surface area contributed by atoms with E-state index in [0.717, 1.165) is 4.65 Å². The zero-order chi connectivity index (χ0) is 8.16. The maximum atomic E-state index is 5.56. The van der Waals surface area contributed by atoms with E-state index in [2.05, 4.69) is 6.92 Å². The number of piperidine rings is 1. The van der Waals surface area contributed by atoms with Crippen molar-refractivity contribution in [3.05, 3.63) is 0 Å². The molecule has 0 radical (unpaired) electrons. The van der Waals surface area contributed by atoms with E-state index in [9.17, 15) is 0 Å². The van der Waals surface area contributed by atoms with Gasteiger partial charge >= 0.3 is 0 Å². The Morgan fingerprint density at radius 2 is 1.82 bits per heavy atom. The normalized spacial score (nSPS) is 23.5. The summed E-state index contributed by atoms with van der Waals surface area (Å²) in [4.78, 5) is 5.56. The van der Waals surface area contributed by atoms with Crippen LogP contribution in [0.3, 0.4) is 0 Å². The molecule has 0 saturated carbocycles. The fourth-order valence-corrected chi connectivity index (χ4v) is 1.99. The molecule has 0 unspecified atom stereocenters. The fourth-order valence-electron chi connectivity index (χ4n) is 1.99. The molecule has 0 spiro atoms. The van der Waals surface area contributed by atoms with E-state index >= 15 is 0 Å². The highest BCUT2D eigenvalue weighted by molar-refractivity contribution is 4.48. The van der Waals surface area contributed by atoms with Gasteiger partial charge in [0.1, 0.15) is 19.6 Å². The van der Waals surface area contributed by atoms with Crippen molar-refractivity contribution in [2.24, 2.45) is 0 Å². The van der Waals surface area contributed by atoms with E-state index in [1.165, 1.54) is 45.3 Å². The van der Waals surface area contributed by atoms with Gasteiger partial charge in [0.05, 0.1) is 7.11 Å². The van der Waals surface area contributed by atoms with Crippen LogP contribution in [0.1, 0.15) is 32.6 Å². The van der Waals surface area contributed by atoms with Crippen molar-refractivity contribution in [2.75, 3.05) is 26.7 Å². The van der Waals surface area contributed by atoms with Crippen molar-refractivity contribution in [3.63, 3.8) is 0 Å². The molecule has 0 aromatic rings. The Morgan fingerprint density at radius 3 is 2.27 bits per heavy atom. The molecular formula is C9H20NO+. The van der Waals surface area contributed by atoms with Crippen LogP contribution in [0.25, 0.3) is 0 Å². The van der Waals surface area contributed by atoms with Gasteiger partial charge in [-0.05, 0) is 25.7 Å². The molecule has 0 amide bonds. The number of hydrogen-bond donors (Lipinski definition) is 0. The molecule has 1 fully saturated rings. The predicted octanol–water partition coefficient (Wildman–Crippen LogP) is 1.96. The van der Waals surface area contributed by atoms with Crippen molar-refractivity contribution in [1.29, 1.82) is 0 Å². The summed E-state index contributed by atoms with van der Waals surface area (Å²) in [5.41, 5.74) is 0. The van der Waals surface area contributed by atoms with Gasteiger partial charge in [-0.15, -0.1) is 0 Å². The van der Waals surface area contributed by atoms with Crippen molar-refractivity contribution >= 4 is 0 Å². The summed E-state index contributed by atoms with van der Waals surface area (Å²) in [7, 11) is 1.85. The Bertz CT molecular complexity index is 103. The molecule has 2 heteroatoms. The van der Waals surface area contributed by atoms with Crippen molar-refractivity contribution in [3.8, 4) is 0 Å². The number of likely N-dealkylation sites (tertiary alicyclic amines) is 1. The first-order valence-corrected chi connectivity index (χ1v) is 4.75. The van der Waals surface area contributed by atoms with Crippen LogP contribution in [0.2, 0.25) is 0 Å². The molecule has 0 N–H and O–H groups in total. The Labute approximate surface area is 69.7 Å². The summed E-state index contributed by atoms with van der Waals surface area (Å²) in [6.45, 7) is 5.87. The third-order valence-corrected chi connectivity index (χ3v) is 2.65. The molecule has 0 atom stereocenters. The molecule has 0 aromatic carbocycles. The molecular weight excluding hydrogens is 138 g/mol. The smallest absolute Gasteiger partial charge is 0.109 e. The molecule has 0 aromatic heterocycles. The lowest BCUT2D eigenvalue weighted by Gasteiger charge is -2.36. The average Bonchev–Trinajstić information content (AvgIpc) is 2.07. The van der Waals surface area contributed by atoms with Gasteiger partial charge in [-0.25, -0.2) is 4.84 Å². The largest absolute Gasteiger partial charge is 0.206 e. The fraction of sp³-hybridized carbons (Fsp3) is 1.00. The average molecular weight is 158 g/mol. The first kappa shape index (κ1) is 9.01. The van der Waals surface area contributed by atoms with Gasteiger partial charge in [-0.2, -0.15) is 4.65 Å². The highest BCUT2D eigenvalue weighted by Crippen LogP contribution is 2.19. The number of nitrogens with zero attached hydrogens (tertiary/aromatic N) is 1. The molecule has 0 aliphatic carbocycles. The minimum Gasteiger partial charge on any atom is -0.206 e. The van der Waals surface area contributed by atoms with Crippen LogP contribution in [0, 0.1) is 0 Å². The molecule has 1 rings (SSSR count). The molecule has 1 saturated heterocycles. The lowest BCUT2D eigenvalue weighted by Crippen LogP contribution is -2.50. The van der Waals surface area contributed by atoms with E-state index in [-0.39, 0.29) is 0 Å². The third-order valence-electron chi connectivity index (χ3n) is 2.65. The minimum atomic E-state index is 0.913. The van der Waals surface area contributed by atoms with E-state index < -0.39 is 0 Å². The van der Waals surface area contributed by atoms with Crippen LogP contribution in [-0.4, -0.2) is 31.4 Å². The van der Waals surface area contributed by atoms with Gasteiger partial charge in [0.15, 0.2) is 0 Å².